The highest BCUT2D eigenvalue weighted by atomic mass is 15.4. The number of hydrogen-bond donors (Lipinski definition) is 0. The summed E-state index contributed by atoms with van der Waals surface area (Å²) < 4.78 is 0. The summed E-state index contributed by atoms with van der Waals surface area (Å²) in [6, 6.07) is 3.19. The molecule has 2 heteroatoms. The van der Waals surface area contributed by atoms with Gasteiger partial charge in [-0.15, -0.1) is 0 Å². The van der Waals surface area contributed by atoms with Crippen molar-refractivity contribution in [3.05, 3.63) is 0 Å². The van der Waals surface area contributed by atoms with E-state index in [0.29, 0.717) is 0 Å². The van der Waals surface area contributed by atoms with Crippen molar-refractivity contribution in [2.75, 3.05) is 13.1 Å². The molecule has 2 atom stereocenters. The maximum absolute atomic E-state index is 2.67. The van der Waals surface area contributed by atoms with E-state index in [4.69, 9.17) is 0 Å². The number of fused-ring (bicyclic) bond motifs is 2. The standard InChI is InChI=1S/C11H22N2/c1-8(2)12-6-11-5-10(12)7-13(11)9(3)4/h8-11H,5-7H2,1-4H3/t10-,11-/m0/s1. The summed E-state index contributed by atoms with van der Waals surface area (Å²) in [6.45, 7) is 11.9. The van der Waals surface area contributed by atoms with Crippen LogP contribution < -0.4 is 0 Å². The third-order valence-corrected chi connectivity index (χ3v) is 3.65. The largest absolute Gasteiger partial charge is 0.295 e. The summed E-state index contributed by atoms with van der Waals surface area (Å²) >= 11 is 0. The molecule has 2 nitrogen and oxygen atoms in total. The number of piperazine rings is 1. The van der Waals surface area contributed by atoms with E-state index >= 15 is 0 Å². The topological polar surface area (TPSA) is 6.48 Å². The molecular weight excluding hydrogens is 160 g/mol. The number of nitrogens with zero attached hydrogens (tertiary/aromatic N) is 2. The zero-order chi connectivity index (χ0) is 9.59. The smallest absolute Gasteiger partial charge is 0.0242 e. The summed E-state index contributed by atoms with van der Waals surface area (Å²) in [5, 5.41) is 0. The van der Waals surface area contributed by atoms with E-state index in [0.717, 1.165) is 24.2 Å². The van der Waals surface area contributed by atoms with E-state index in [1.807, 2.05) is 0 Å². The van der Waals surface area contributed by atoms with Gasteiger partial charge in [-0.3, -0.25) is 9.80 Å². The van der Waals surface area contributed by atoms with Gasteiger partial charge in [-0.25, -0.2) is 0 Å². The summed E-state index contributed by atoms with van der Waals surface area (Å²) in [5.74, 6) is 0. The van der Waals surface area contributed by atoms with Crippen molar-refractivity contribution in [3.8, 4) is 0 Å². The molecule has 2 bridgehead atoms. The summed E-state index contributed by atoms with van der Waals surface area (Å²) in [4.78, 5) is 5.34. The molecule has 2 rings (SSSR count). The molecule has 0 radical (unpaired) electrons. The lowest BCUT2D eigenvalue weighted by molar-refractivity contribution is 0.0849. The Morgan fingerprint density at radius 1 is 0.846 bits per heavy atom. The van der Waals surface area contributed by atoms with Crippen LogP contribution in [0.3, 0.4) is 0 Å². The molecule has 0 aromatic heterocycles. The fraction of sp³-hybridized carbons (Fsp3) is 1.00. The molecule has 0 amide bonds. The molecule has 0 saturated carbocycles. The lowest BCUT2D eigenvalue weighted by atomic mass is 10.2. The Bertz CT molecular complexity index is 169. The minimum Gasteiger partial charge on any atom is -0.295 e. The molecule has 2 aliphatic heterocycles. The minimum atomic E-state index is 0.740. The van der Waals surface area contributed by atoms with Crippen LogP contribution in [-0.4, -0.2) is 47.1 Å². The Labute approximate surface area is 81.9 Å². The van der Waals surface area contributed by atoms with Gasteiger partial charge in [0.05, 0.1) is 0 Å². The Balaban J connectivity index is 1.99. The summed E-state index contributed by atoms with van der Waals surface area (Å²) in [5.41, 5.74) is 0. The van der Waals surface area contributed by atoms with Crippen LogP contribution in [-0.2, 0) is 0 Å². The predicted octanol–water partition coefficient (Wildman–Crippen LogP) is 1.56. The molecule has 13 heavy (non-hydrogen) atoms. The van der Waals surface area contributed by atoms with E-state index < -0.39 is 0 Å². The first-order chi connectivity index (χ1) is 6.09. The van der Waals surface area contributed by atoms with Crippen LogP contribution in [0.15, 0.2) is 0 Å². The molecule has 2 heterocycles. The first-order valence-electron chi connectivity index (χ1n) is 5.61. The molecule has 0 spiro atoms. The van der Waals surface area contributed by atoms with Gasteiger partial charge in [0.2, 0.25) is 0 Å². The monoisotopic (exact) mass is 182 g/mol. The highest BCUT2D eigenvalue weighted by molar-refractivity contribution is 5.01. The van der Waals surface area contributed by atoms with E-state index in [9.17, 15) is 0 Å². The molecule has 0 unspecified atom stereocenters. The normalized spacial score (nSPS) is 35.5. The van der Waals surface area contributed by atoms with Gasteiger partial charge in [0.15, 0.2) is 0 Å². The molecule has 2 fully saturated rings. The van der Waals surface area contributed by atoms with Gasteiger partial charge in [0, 0.05) is 37.3 Å². The van der Waals surface area contributed by atoms with Crippen molar-refractivity contribution in [2.24, 2.45) is 0 Å². The highest BCUT2D eigenvalue weighted by Gasteiger charge is 2.44. The van der Waals surface area contributed by atoms with E-state index in [1.165, 1.54) is 19.5 Å². The van der Waals surface area contributed by atoms with Gasteiger partial charge in [-0.1, -0.05) is 0 Å². The maximum atomic E-state index is 2.67. The molecule has 0 N–H and O–H groups in total. The fourth-order valence-electron chi connectivity index (χ4n) is 2.99. The average molecular weight is 182 g/mol. The number of rotatable bonds is 2. The van der Waals surface area contributed by atoms with Crippen molar-refractivity contribution in [1.82, 2.24) is 9.80 Å². The first-order valence-corrected chi connectivity index (χ1v) is 5.61. The van der Waals surface area contributed by atoms with Crippen LogP contribution in [0.5, 0.6) is 0 Å². The Hall–Kier alpha value is -0.0800. The van der Waals surface area contributed by atoms with Gasteiger partial charge >= 0.3 is 0 Å². The maximum Gasteiger partial charge on any atom is 0.0242 e. The van der Waals surface area contributed by atoms with Crippen molar-refractivity contribution in [1.29, 1.82) is 0 Å². The van der Waals surface area contributed by atoms with Crippen molar-refractivity contribution < 1.29 is 0 Å². The lowest BCUT2D eigenvalue weighted by Crippen LogP contribution is -2.50. The molecule has 0 aromatic carbocycles. The second kappa shape index (κ2) is 3.25. The molecule has 2 saturated heterocycles. The summed E-state index contributed by atoms with van der Waals surface area (Å²) in [7, 11) is 0. The predicted molar refractivity (Wildman–Crippen MR) is 55.9 cm³/mol. The molecule has 0 aromatic rings. The second-order valence-electron chi connectivity index (χ2n) is 5.12. The van der Waals surface area contributed by atoms with Crippen LogP contribution >= 0.6 is 0 Å². The number of likely N-dealkylation sites (tertiary alicyclic amines) is 2. The first kappa shape index (κ1) is 9.47. The van der Waals surface area contributed by atoms with Crippen LogP contribution in [0.1, 0.15) is 34.1 Å². The zero-order valence-corrected chi connectivity index (χ0v) is 9.33. The third-order valence-electron chi connectivity index (χ3n) is 3.65. The van der Waals surface area contributed by atoms with Crippen LogP contribution in [0, 0.1) is 0 Å². The van der Waals surface area contributed by atoms with Gasteiger partial charge < -0.3 is 0 Å². The highest BCUT2D eigenvalue weighted by Crippen LogP contribution is 2.33. The van der Waals surface area contributed by atoms with Crippen molar-refractivity contribution >= 4 is 0 Å². The van der Waals surface area contributed by atoms with E-state index in [-0.39, 0.29) is 0 Å². The van der Waals surface area contributed by atoms with Crippen LogP contribution in [0.2, 0.25) is 0 Å². The Kier molecular flexibility index (Phi) is 2.37. The zero-order valence-electron chi connectivity index (χ0n) is 9.33. The van der Waals surface area contributed by atoms with Crippen molar-refractivity contribution in [3.63, 3.8) is 0 Å². The molecular formula is C11H22N2. The molecule has 2 aliphatic rings. The van der Waals surface area contributed by atoms with Gasteiger partial charge in [-0.2, -0.15) is 0 Å². The fourth-order valence-corrected chi connectivity index (χ4v) is 2.99. The van der Waals surface area contributed by atoms with E-state index in [1.54, 1.807) is 0 Å². The van der Waals surface area contributed by atoms with Crippen molar-refractivity contribution in [2.45, 2.75) is 58.3 Å². The minimum absolute atomic E-state index is 0.740. The lowest BCUT2D eigenvalue weighted by Gasteiger charge is -2.38. The SMILES string of the molecule is CC(C)N1C[C@@H]2C[C@H]1CN2C(C)C. The van der Waals surface area contributed by atoms with Crippen LogP contribution in [0.4, 0.5) is 0 Å². The van der Waals surface area contributed by atoms with Crippen LogP contribution in [0.25, 0.3) is 0 Å². The molecule has 76 valence electrons. The number of hydrogen-bond acceptors (Lipinski definition) is 2. The van der Waals surface area contributed by atoms with Gasteiger partial charge in [0.25, 0.3) is 0 Å². The third kappa shape index (κ3) is 1.50. The Morgan fingerprint density at radius 2 is 1.23 bits per heavy atom. The van der Waals surface area contributed by atoms with E-state index in [2.05, 4.69) is 37.5 Å². The second-order valence-corrected chi connectivity index (χ2v) is 5.12. The Morgan fingerprint density at radius 3 is 1.46 bits per heavy atom. The summed E-state index contributed by atoms with van der Waals surface area (Å²) in [6.07, 6.45) is 1.41. The average Bonchev–Trinajstić information content (AvgIpc) is 2.60. The molecule has 0 aliphatic carbocycles. The van der Waals surface area contributed by atoms with Gasteiger partial charge in [-0.05, 0) is 34.1 Å². The quantitative estimate of drug-likeness (QED) is 0.639. The van der Waals surface area contributed by atoms with Gasteiger partial charge in [0.1, 0.15) is 0 Å².